The molecule has 1 aromatic heterocycles. The van der Waals surface area contributed by atoms with Crippen LogP contribution in [0, 0.1) is 5.92 Å². The first-order valence-corrected chi connectivity index (χ1v) is 13.0. The van der Waals surface area contributed by atoms with E-state index in [-0.39, 0.29) is 16.1 Å². The van der Waals surface area contributed by atoms with Crippen molar-refractivity contribution >= 4 is 27.5 Å². The number of carboxylic acids is 1. The number of aryl methyl sites for hydroxylation is 1. The quantitative estimate of drug-likeness (QED) is 0.490. The van der Waals surface area contributed by atoms with Gasteiger partial charge in [0.1, 0.15) is 11.4 Å². The Hall–Kier alpha value is -3.39. The number of aromatic nitrogens is 1. The fraction of sp³-hybridized carbons (Fsp3) is 0.308. The van der Waals surface area contributed by atoms with Crippen LogP contribution in [0.15, 0.2) is 71.8 Å². The second-order valence-electron chi connectivity index (χ2n) is 8.62. The summed E-state index contributed by atoms with van der Waals surface area (Å²) in [5.41, 5.74) is 2.46. The highest BCUT2D eigenvalue weighted by Gasteiger charge is 2.25. The molecule has 2 aromatic carbocycles. The number of nitrogens with zero attached hydrogens (tertiary/aromatic N) is 2. The van der Waals surface area contributed by atoms with Crippen LogP contribution in [0.4, 0.5) is 11.5 Å². The molecule has 2 N–H and O–H groups in total. The van der Waals surface area contributed by atoms with Crippen molar-refractivity contribution in [1.82, 2.24) is 4.98 Å². The second kappa shape index (κ2) is 10.3. The highest BCUT2D eigenvalue weighted by Crippen LogP contribution is 2.29. The molecule has 1 aliphatic heterocycles. The summed E-state index contributed by atoms with van der Waals surface area (Å²) in [5, 5.41) is 9.80. The maximum atomic E-state index is 12.8. The van der Waals surface area contributed by atoms with Crippen molar-refractivity contribution in [3.63, 3.8) is 0 Å². The molecule has 3 aromatic rings. The van der Waals surface area contributed by atoms with E-state index in [1.54, 1.807) is 24.3 Å². The third-order valence-electron chi connectivity index (χ3n) is 6.27. The van der Waals surface area contributed by atoms with Crippen LogP contribution >= 0.6 is 0 Å². The summed E-state index contributed by atoms with van der Waals surface area (Å²) in [5.74, 6) is -0.222. The Labute approximate surface area is 200 Å². The lowest BCUT2D eigenvalue weighted by molar-refractivity contribution is 0.0697. The van der Waals surface area contributed by atoms with E-state index >= 15 is 0 Å². The Morgan fingerprint density at radius 1 is 1.06 bits per heavy atom. The number of benzene rings is 2. The van der Waals surface area contributed by atoms with Gasteiger partial charge in [0, 0.05) is 13.1 Å². The fourth-order valence-electron chi connectivity index (χ4n) is 4.34. The minimum absolute atomic E-state index is 0.0111. The van der Waals surface area contributed by atoms with E-state index < -0.39 is 16.0 Å². The molecule has 1 saturated heterocycles. The van der Waals surface area contributed by atoms with Gasteiger partial charge in [-0.15, -0.1) is 0 Å². The number of nitrogens with one attached hydrogen (secondary N) is 1. The molecule has 34 heavy (non-hydrogen) atoms. The van der Waals surface area contributed by atoms with E-state index in [0.29, 0.717) is 24.8 Å². The van der Waals surface area contributed by atoms with Crippen LogP contribution in [0.2, 0.25) is 0 Å². The lowest BCUT2D eigenvalue weighted by atomic mass is 9.90. The molecule has 0 radical (unpaired) electrons. The van der Waals surface area contributed by atoms with Gasteiger partial charge in [0.05, 0.1) is 16.8 Å². The lowest BCUT2D eigenvalue weighted by Gasteiger charge is -2.33. The Bertz CT molecular complexity index is 1240. The summed E-state index contributed by atoms with van der Waals surface area (Å²) >= 11 is 0. The van der Waals surface area contributed by atoms with Gasteiger partial charge in [-0.25, -0.2) is 18.2 Å². The van der Waals surface area contributed by atoms with E-state index in [1.165, 1.54) is 17.8 Å². The standard InChI is InChI=1S/C26H29N3O4S/c1-2-19-8-10-23(11-9-19)34(32,33)28-22-17-24(26(30)31)25(27-18-22)29-14-12-21(13-15-29)16-20-6-4-3-5-7-20/h3-11,17-18,21,28H,2,12-16H2,1H3,(H,30,31). The molecule has 1 aliphatic rings. The smallest absolute Gasteiger partial charge is 0.339 e. The number of hydrogen-bond acceptors (Lipinski definition) is 5. The Morgan fingerprint density at radius 3 is 2.35 bits per heavy atom. The maximum absolute atomic E-state index is 12.8. The van der Waals surface area contributed by atoms with Gasteiger partial charge < -0.3 is 10.0 Å². The summed E-state index contributed by atoms with van der Waals surface area (Å²) in [6, 6.07) is 18.3. The van der Waals surface area contributed by atoms with E-state index in [0.717, 1.165) is 31.2 Å². The minimum atomic E-state index is -3.85. The van der Waals surface area contributed by atoms with Gasteiger partial charge in [0.15, 0.2) is 0 Å². The Morgan fingerprint density at radius 2 is 1.74 bits per heavy atom. The first-order valence-electron chi connectivity index (χ1n) is 11.5. The first kappa shape index (κ1) is 23.8. The van der Waals surface area contributed by atoms with E-state index in [1.807, 2.05) is 30.0 Å². The number of carboxylic acid groups (broad SMARTS) is 1. The highest BCUT2D eigenvalue weighted by atomic mass is 32.2. The average Bonchev–Trinajstić information content (AvgIpc) is 2.85. The van der Waals surface area contributed by atoms with Crippen molar-refractivity contribution < 1.29 is 18.3 Å². The SMILES string of the molecule is CCc1ccc(S(=O)(=O)Nc2cnc(N3CCC(Cc4ccccc4)CC3)c(C(=O)O)c2)cc1. The Balaban J connectivity index is 1.47. The van der Waals surface area contributed by atoms with Crippen LogP contribution in [0.25, 0.3) is 0 Å². The summed E-state index contributed by atoms with van der Waals surface area (Å²) in [6.45, 7) is 3.41. The number of carbonyl (C=O) groups is 1. The van der Waals surface area contributed by atoms with Crippen LogP contribution in [0.5, 0.6) is 0 Å². The summed E-state index contributed by atoms with van der Waals surface area (Å²) in [4.78, 5) is 18.4. The molecule has 0 spiro atoms. The predicted molar refractivity (Wildman–Crippen MR) is 133 cm³/mol. The predicted octanol–water partition coefficient (Wildman–Crippen LogP) is 4.60. The number of piperidine rings is 1. The normalized spacial score (nSPS) is 14.7. The largest absolute Gasteiger partial charge is 0.478 e. The number of aromatic carboxylic acids is 1. The van der Waals surface area contributed by atoms with Crippen LogP contribution in [0.1, 0.15) is 41.3 Å². The van der Waals surface area contributed by atoms with E-state index in [4.69, 9.17) is 0 Å². The summed E-state index contributed by atoms with van der Waals surface area (Å²) in [7, 11) is -3.85. The third-order valence-corrected chi connectivity index (χ3v) is 7.67. The molecule has 4 rings (SSSR count). The highest BCUT2D eigenvalue weighted by molar-refractivity contribution is 7.92. The van der Waals surface area contributed by atoms with Crippen molar-refractivity contribution in [3.8, 4) is 0 Å². The topological polar surface area (TPSA) is 99.6 Å². The molecule has 0 aliphatic carbocycles. The summed E-state index contributed by atoms with van der Waals surface area (Å²) < 4.78 is 28.0. The number of anilines is 2. The number of sulfonamides is 1. The van der Waals surface area contributed by atoms with Gasteiger partial charge in [-0.2, -0.15) is 0 Å². The van der Waals surface area contributed by atoms with Crippen LogP contribution in [-0.4, -0.2) is 37.6 Å². The molecule has 0 bridgehead atoms. The van der Waals surface area contributed by atoms with Crippen molar-refractivity contribution in [2.45, 2.75) is 37.5 Å². The van der Waals surface area contributed by atoms with Crippen LogP contribution in [-0.2, 0) is 22.9 Å². The van der Waals surface area contributed by atoms with Gasteiger partial charge in [-0.1, -0.05) is 49.4 Å². The first-order chi connectivity index (χ1) is 16.4. The second-order valence-corrected chi connectivity index (χ2v) is 10.3. The van der Waals surface area contributed by atoms with E-state index in [2.05, 4.69) is 21.8 Å². The van der Waals surface area contributed by atoms with Crippen LogP contribution < -0.4 is 9.62 Å². The lowest BCUT2D eigenvalue weighted by Crippen LogP contribution is -2.36. The van der Waals surface area contributed by atoms with Gasteiger partial charge in [-0.05, 0) is 60.9 Å². The molecular formula is C26H29N3O4S. The molecule has 0 saturated carbocycles. The molecular weight excluding hydrogens is 450 g/mol. The number of rotatable bonds is 8. The zero-order valence-electron chi connectivity index (χ0n) is 19.1. The zero-order valence-corrected chi connectivity index (χ0v) is 20.0. The fourth-order valence-corrected chi connectivity index (χ4v) is 5.37. The number of hydrogen-bond donors (Lipinski definition) is 2. The van der Waals surface area contributed by atoms with Crippen LogP contribution in [0.3, 0.4) is 0 Å². The molecule has 0 atom stereocenters. The Kier molecular flexibility index (Phi) is 7.17. The maximum Gasteiger partial charge on any atom is 0.339 e. The molecule has 1 fully saturated rings. The average molecular weight is 480 g/mol. The van der Waals surface area contributed by atoms with Gasteiger partial charge in [-0.3, -0.25) is 4.72 Å². The van der Waals surface area contributed by atoms with Crippen molar-refractivity contribution in [2.24, 2.45) is 5.92 Å². The molecule has 2 heterocycles. The minimum Gasteiger partial charge on any atom is -0.478 e. The molecule has 178 valence electrons. The van der Waals surface area contributed by atoms with Gasteiger partial charge in [0.25, 0.3) is 10.0 Å². The molecule has 0 amide bonds. The molecule has 7 nitrogen and oxygen atoms in total. The van der Waals surface area contributed by atoms with Gasteiger partial charge >= 0.3 is 5.97 Å². The van der Waals surface area contributed by atoms with Crippen molar-refractivity contribution in [3.05, 3.63) is 83.6 Å². The van der Waals surface area contributed by atoms with E-state index in [9.17, 15) is 18.3 Å². The van der Waals surface area contributed by atoms with Crippen molar-refractivity contribution in [2.75, 3.05) is 22.7 Å². The van der Waals surface area contributed by atoms with Crippen molar-refractivity contribution in [1.29, 1.82) is 0 Å². The molecule has 0 unspecified atom stereocenters. The number of pyridine rings is 1. The van der Waals surface area contributed by atoms with Gasteiger partial charge in [0.2, 0.25) is 0 Å². The third kappa shape index (κ3) is 5.56. The molecule has 8 heteroatoms. The monoisotopic (exact) mass is 479 g/mol. The zero-order chi connectivity index (χ0) is 24.1. The summed E-state index contributed by atoms with van der Waals surface area (Å²) in [6.07, 6.45) is 5.09.